The molecule has 5 N–H and O–H groups in total. The van der Waals surface area contributed by atoms with Gasteiger partial charge in [0.25, 0.3) is 0 Å². The van der Waals surface area contributed by atoms with Gasteiger partial charge in [0, 0.05) is 23.8 Å². The first-order chi connectivity index (χ1) is 17.9. The average Bonchev–Trinajstić information content (AvgIpc) is 2.84. The van der Waals surface area contributed by atoms with Crippen molar-refractivity contribution in [2.24, 2.45) is 5.73 Å². The number of carbonyl (C=O) groups is 4. The maximum Gasteiger partial charge on any atom is 0.407 e. The molecule has 0 fully saturated rings. The summed E-state index contributed by atoms with van der Waals surface area (Å²) in [5, 5.41) is 8.15. The van der Waals surface area contributed by atoms with Crippen molar-refractivity contribution in [1.29, 1.82) is 0 Å². The van der Waals surface area contributed by atoms with E-state index in [0.717, 1.165) is 5.56 Å². The zero-order valence-electron chi connectivity index (χ0n) is 21.8. The molecule has 3 amide bonds. The molecule has 0 aliphatic rings. The highest BCUT2D eigenvalue weighted by Crippen LogP contribution is 2.13. The Morgan fingerprint density at radius 1 is 0.947 bits per heavy atom. The lowest BCUT2D eigenvalue weighted by molar-refractivity contribution is -0.127. The second-order valence-corrected chi connectivity index (χ2v) is 9.95. The van der Waals surface area contributed by atoms with Crippen molar-refractivity contribution in [3.05, 3.63) is 65.7 Å². The van der Waals surface area contributed by atoms with Gasteiger partial charge < -0.3 is 31.2 Å². The highest BCUT2D eigenvalue weighted by atomic mass is 35.5. The predicted molar refractivity (Wildman–Crippen MR) is 145 cm³/mol. The quantitative estimate of drug-likeness (QED) is 0.233. The topological polar surface area (TPSA) is 149 Å². The van der Waals surface area contributed by atoms with E-state index in [9.17, 15) is 19.2 Å². The zero-order chi connectivity index (χ0) is 28.1. The van der Waals surface area contributed by atoms with E-state index < -0.39 is 41.0 Å². The maximum absolute atomic E-state index is 13.1. The van der Waals surface area contributed by atoms with Crippen LogP contribution in [0.1, 0.15) is 44.7 Å². The molecular weight excluding hydrogens is 512 g/mol. The van der Waals surface area contributed by atoms with Crippen LogP contribution in [-0.4, -0.2) is 47.6 Å². The van der Waals surface area contributed by atoms with Gasteiger partial charge in [0.05, 0.1) is 6.04 Å². The van der Waals surface area contributed by atoms with E-state index in [1.165, 1.54) is 0 Å². The second kappa shape index (κ2) is 14.9. The summed E-state index contributed by atoms with van der Waals surface area (Å²) in [5.41, 5.74) is 6.63. The van der Waals surface area contributed by atoms with Crippen LogP contribution in [0.15, 0.2) is 54.6 Å². The van der Waals surface area contributed by atoms with Gasteiger partial charge in [0.2, 0.25) is 11.8 Å². The number of carbonyl (C=O) groups excluding carboxylic acids is 4. The van der Waals surface area contributed by atoms with Gasteiger partial charge in [-0.2, -0.15) is 0 Å². The third-order valence-electron chi connectivity index (χ3n) is 5.18. The number of benzene rings is 2. The van der Waals surface area contributed by atoms with E-state index in [0.29, 0.717) is 24.1 Å². The van der Waals surface area contributed by atoms with Crippen molar-refractivity contribution in [2.45, 2.75) is 64.3 Å². The molecule has 0 bridgehead atoms. The number of amides is 3. The number of hydrogen-bond donors (Lipinski definition) is 4. The smallest absolute Gasteiger partial charge is 0.407 e. The summed E-state index contributed by atoms with van der Waals surface area (Å²) in [4.78, 5) is 48.6. The molecule has 11 heteroatoms. The van der Waals surface area contributed by atoms with Crippen LogP contribution in [-0.2, 0) is 32.1 Å². The first-order valence-electron chi connectivity index (χ1n) is 12.2. The van der Waals surface area contributed by atoms with Crippen LogP contribution in [0.25, 0.3) is 0 Å². The molecule has 2 aromatic carbocycles. The SMILES string of the molecule is CC(C)(C)OC(=O)NCCC[C@H](NC(=O)[C@@H](N)Cc1ccccc1)C(=O)Nc1ccc(COC(=O)Cl)cc1. The Morgan fingerprint density at radius 2 is 1.61 bits per heavy atom. The Hall–Kier alpha value is -3.63. The largest absolute Gasteiger partial charge is 0.449 e. The monoisotopic (exact) mass is 546 g/mol. The second-order valence-electron chi connectivity index (χ2n) is 9.64. The number of alkyl carbamates (subject to hydrolysis) is 1. The van der Waals surface area contributed by atoms with Crippen molar-refractivity contribution in [2.75, 3.05) is 11.9 Å². The molecule has 206 valence electrons. The summed E-state index contributed by atoms with van der Waals surface area (Å²) in [5.74, 6) is -0.908. The fraction of sp³-hybridized carbons (Fsp3) is 0.407. The van der Waals surface area contributed by atoms with Crippen LogP contribution in [0, 0.1) is 0 Å². The van der Waals surface area contributed by atoms with Gasteiger partial charge in [-0.05, 0) is 63.3 Å². The molecule has 0 saturated heterocycles. The summed E-state index contributed by atoms with van der Waals surface area (Å²) < 4.78 is 9.95. The van der Waals surface area contributed by atoms with Gasteiger partial charge >= 0.3 is 11.5 Å². The van der Waals surface area contributed by atoms with Crippen LogP contribution in [0.5, 0.6) is 0 Å². The summed E-state index contributed by atoms with van der Waals surface area (Å²) in [7, 11) is 0. The lowest BCUT2D eigenvalue weighted by Crippen LogP contribution is -2.50. The molecule has 0 aromatic heterocycles. The normalized spacial score (nSPS) is 12.6. The van der Waals surface area contributed by atoms with E-state index in [2.05, 4.69) is 16.0 Å². The molecule has 0 aliphatic heterocycles. The molecule has 0 saturated carbocycles. The number of halogens is 1. The van der Waals surface area contributed by atoms with Crippen molar-refractivity contribution >= 4 is 40.6 Å². The van der Waals surface area contributed by atoms with Gasteiger partial charge in [-0.1, -0.05) is 42.5 Å². The molecule has 0 heterocycles. The predicted octanol–water partition coefficient (Wildman–Crippen LogP) is 3.86. The number of anilines is 1. The summed E-state index contributed by atoms with van der Waals surface area (Å²) >= 11 is 5.18. The van der Waals surface area contributed by atoms with Gasteiger partial charge in [0.1, 0.15) is 18.2 Å². The fourth-order valence-electron chi connectivity index (χ4n) is 3.37. The summed E-state index contributed by atoms with van der Waals surface area (Å²) in [6.45, 7) is 5.53. The van der Waals surface area contributed by atoms with Gasteiger partial charge in [0.15, 0.2) is 0 Å². The van der Waals surface area contributed by atoms with E-state index in [1.54, 1.807) is 45.0 Å². The number of nitrogens with one attached hydrogen (secondary N) is 3. The Bertz CT molecular complexity index is 1070. The van der Waals surface area contributed by atoms with Crippen LogP contribution in [0.3, 0.4) is 0 Å². The summed E-state index contributed by atoms with van der Waals surface area (Å²) in [6, 6.07) is 14.2. The third-order valence-corrected chi connectivity index (χ3v) is 5.29. The Balaban J connectivity index is 2.00. The molecule has 0 aliphatic carbocycles. The van der Waals surface area contributed by atoms with Crippen molar-refractivity contribution < 1.29 is 28.7 Å². The van der Waals surface area contributed by atoms with Crippen molar-refractivity contribution in [3.8, 4) is 0 Å². The molecule has 2 atom stereocenters. The average molecular weight is 547 g/mol. The van der Waals surface area contributed by atoms with Crippen LogP contribution in [0.4, 0.5) is 15.3 Å². The molecule has 0 radical (unpaired) electrons. The minimum absolute atomic E-state index is 0.000800. The standard InChI is InChI=1S/C27H35ClN4O6/c1-27(2,3)38-26(36)30-15-7-10-22(32-23(33)21(29)16-18-8-5-4-6-9-18)24(34)31-20-13-11-19(12-14-20)17-37-25(28)35/h4-6,8-9,11-14,21-22H,7,10,15-17,29H2,1-3H3,(H,30,36)(H,31,34)(H,32,33)/t21-,22-/m0/s1. The minimum Gasteiger partial charge on any atom is -0.449 e. The Kier molecular flexibility index (Phi) is 12.0. The lowest BCUT2D eigenvalue weighted by Gasteiger charge is -2.22. The highest BCUT2D eigenvalue weighted by molar-refractivity contribution is 6.61. The van der Waals surface area contributed by atoms with E-state index in [4.69, 9.17) is 26.8 Å². The van der Waals surface area contributed by atoms with Crippen molar-refractivity contribution in [3.63, 3.8) is 0 Å². The number of hydrogen-bond acceptors (Lipinski definition) is 7. The fourth-order valence-corrected chi connectivity index (χ4v) is 3.43. The maximum atomic E-state index is 13.1. The Morgan fingerprint density at radius 3 is 2.21 bits per heavy atom. The van der Waals surface area contributed by atoms with Gasteiger partial charge in [-0.3, -0.25) is 9.59 Å². The molecule has 38 heavy (non-hydrogen) atoms. The van der Waals surface area contributed by atoms with Crippen LogP contribution < -0.4 is 21.7 Å². The molecule has 10 nitrogen and oxygen atoms in total. The van der Waals surface area contributed by atoms with E-state index in [1.807, 2.05) is 30.3 Å². The van der Waals surface area contributed by atoms with Gasteiger partial charge in [-0.15, -0.1) is 0 Å². The lowest BCUT2D eigenvalue weighted by atomic mass is 10.0. The zero-order valence-corrected chi connectivity index (χ0v) is 22.5. The van der Waals surface area contributed by atoms with Crippen LogP contribution in [0.2, 0.25) is 0 Å². The number of nitrogens with two attached hydrogens (primary N) is 1. The first-order valence-corrected chi connectivity index (χ1v) is 12.6. The minimum atomic E-state index is -0.910. The number of ether oxygens (including phenoxy) is 2. The number of rotatable bonds is 12. The van der Waals surface area contributed by atoms with Crippen LogP contribution >= 0.6 is 11.6 Å². The van der Waals surface area contributed by atoms with Crippen molar-refractivity contribution in [1.82, 2.24) is 10.6 Å². The molecular formula is C27H35ClN4O6. The Labute approximate surface area is 227 Å². The third kappa shape index (κ3) is 12.1. The molecule has 2 rings (SSSR count). The van der Waals surface area contributed by atoms with E-state index in [-0.39, 0.29) is 19.6 Å². The summed E-state index contributed by atoms with van der Waals surface area (Å²) in [6.07, 6.45) is 0.395. The highest BCUT2D eigenvalue weighted by Gasteiger charge is 2.24. The molecule has 2 aromatic rings. The molecule has 0 unspecified atom stereocenters. The van der Waals surface area contributed by atoms with E-state index >= 15 is 0 Å². The first kappa shape index (κ1) is 30.6. The molecule has 0 spiro atoms. The van der Waals surface area contributed by atoms with Gasteiger partial charge in [-0.25, -0.2) is 9.59 Å².